The number of anilines is 1. The molecule has 0 saturated carbocycles. The molecule has 0 fully saturated rings. The average molecular weight is 290 g/mol. The summed E-state index contributed by atoms with van der Waals surface area (Å²) in [6.45, 7) is 5.48. The quantitative estimate of drug-likeness (QED) is 0.923. The van der Waals surface area contributed by atoms with Crippen molar-refractivity contribution >= 4 is 22.9 Å². The molecule has 0 saturated heterocycles. The van der Waals surface area contributed by atoms with Crippen LogP contribution in [0.2, 0.25) is 0 Å². The van der Waals surface area contributed by atoms with Crippen LogP contribution in [0.5, 0.6) is 0 Å². The minimum atomic E-state index is -0.0703. The summed E-state index contributed by atoms with van der Waals surface area (Å²) >= 11 is 1.77. The number of carbonyl (C=O) groups is 1. The third-order valence-electron chi connectivity index (χ3n) is 3.85. The second-order valence-corrected chi connectivity index (χ2v) is 6.01. The van der Waals surface area contributed by atoms with Gasteiger partial charge in [0.05, 0.1) is 11.7 Å². The van der Waals surface area contributed by atoms with Gasteiger partial charge in [-0.25, -0.2) is 0 Å². The molecule has 2 aromatic rings. The molecule has 1 aliphatic rings. The molecule has 2 N–H and O–H groups in total. The summed E-state index contributed by atoms with van der Waals surface area (Å²) in [4.78, 5) is 15.9. The Morgan fingerprint density at radius 2 is 2.40 bits per heavy atom. The van der Waals surface area contributed by atoms with Gasteiger partial charge >= 0.3 is 0 Å². The van der Waals surface area contributed by atoms with Crippen molar-refractivity contribution in [3.8, 4) is 0 Å². The molecule has 1 aliphatic heterocycles. The van der Waals surface area contributed by atoms with Gasteiger partial charge in [-0.3, -0.25) is 9.48 Å². The normalized spacial score (nSPS) is 18.1. The highest BCUT2D eigenvalue weighted by molar-refractivity contribution is 7.10. The predicted octanol–water partition coefficient (Wildman–Crippen LogP) is 2.31. The van der Waals surface area contributed by atoms with E-state index in [4.69, 9.17) is 5.73 Å². The standard InChI is InChI=1S/C14H18N4OS/c1-3-17-8-11(15)13(16-17)14(19)18-6-4-12-10(9(18)2)5-7-20-12/h5,7-9H,3-4,6,15H2,1-2H3. The molecular formula is C14H18N4OS. The van der Waals surface area contributed by atoms with Crippen LogP contribution >= 0.6 is 11.3 Å². The van der Waals surface area contributed by atoms with Gasteiger partial charge < -0.3 is 10.6 Å². The number of hydrogen-bond donors (Lipinski definition) is 1. The van der Waals surface area contributed by atoms with Gasteiger partial charge in [-0.1, -0.05) is 0 Å². The number of nitrogen functional groups attached to an aromatic ring is 1. The fourth-order valence-electron chi connectivity index (χ4n) is 2.69. The van der Waals surface area contributed by atoms with Crippen LogP contribution in [-0.2, 0) is 13.0 Å². The third-order valence-corrected chi connectivity index (χ3v) is 4.85. The van der Waals surface area contributed by atoms with Gasteiger partial charge in [0, 0.05) is 24.2 Å². The lowest BCUT2D eigenvalue weighted by Gasteiger charge is -2.33. The first-order valence-electron chi connectivity index (χ1n) is 6.82. The van der Waals surface area contributed by atoms with Gasteiger partial charge in [-0.05, 0) is 37.3 Å². The number of carbonyl (C=O) groups excluding carboxylic acids is 1. The molecule has 6 heteroatoms. The van der Waals surface area contributed by atoms with E-state index in [9.17, 15) is 4.79 Å². The van der Waals surface area contributed by atoms with Gasteiger partial charge in [0.15, 0.2) is 5.69 Å². The Bertz CT molecular complexity index is 645. The molecule has 1 amide bonds. The van der Waals surface area contributed by atoms with Gasteiger partial charge in [0.2, 0.25) is 0 Å². The molecule has 0 bridgehead atoms. The van der Waals surface area contributed by atoms with E-state index in [0.29, 0.717) is 17.9 Å². The van der Waals surface area contributed by atoms with E-state index in [0.717, 1.165) is 13.0 Å². The van der Waals surface area contributed by atoms with Crippen LogP contribution in [0.1, 0.15) is 40.8 Å². The minimum absolute atomic E-state index is 0.0703. The highest BCUT2D eigenvalue weighted by Gasteiger charge is 2.31. The zero-order valence-corrected chi connectivity index (χ0v) is 12.5. The smallest absolute Gasteiger partial charge is 0.277 e. The lowest BCUT2D eigenvalue weighted by molar-refractivity contribution is 0.0673. The van der Waals surface area contributed by atoms with Crippen LogP contribution < -0.4 is 5.73 Å². The molecule has 3 heterocycles. The Hall–Kier alpha value is -1.82. The van der Waals surface area contributed by atoms with E-state index in [1.54, 1.807) is 22.2 Å². The molecule has 5 nitrogen and oxygen atoms in total. The van der Waals surface area contributed by atoms with Crippen molar-refractivity contribution in [2.75, 3.05) is 12.3 Å². The van der Waals surface area contributed by atoms with Gasteiger partial charge in [0.1, 0.15) is 0 Å². The SMILES string of the molecule is CCn1cc(N)c(C(=O)N2CCc3sccc3C2C)n1. The van der Waals surface area contributed by atoms with Crippen molar-refractivity contribution in [3.63, 3.8) is 0 Å². The van der Waals surface area contributed by atoms with Gasteiger partial charge in [-0.2, -0.15) is 5.10 Å². The Morgan fingerprint density at radius 3 is 3.10 bits per heavy atom. The number of amides is 1. The molecule has 3 rings (SSSR count). The summed E-state index contributed by atoms with van der Waals surface area (Å²) in [5.74, 6) is -0.0703. The molecule has 0 radical (unpaired) electrons. The van der Waals surface area contributed by atoms with E-state index in [2.05, 4.69) is 23.5 Å². The summed E-state index contributed by atoms with van der Waals surface area (Å²) in [7, 11) is 0. The van der Waals surface area contributed by atoms with Gasteiger partial charge in [-0.15, -0.1) is 11.3 Å². The summed E-state index contributed by atoms with van der Waals surface area (Å²) in [5.41, 5.74) is 8.00. The second-order valence-electron chi connectivity index (χ2n) is 5.01. The summed E-state index contributed by atoms with van der Waals surface area (Å²) in [6, 6.07) is 2.20. The molecule has 0 spiro atoms. The molecule has 1 unspecified atom stereocenters. The van der Waals surface area contributed by atoms with Crippen molar-refractivity contribution in [3.05, 3.63) is 33.8 Å². The monoisotopic (exact) mass is 290 g/mol. The molecule has 0 aliphatic carbocycles. The third kappa shape index (κ3) is 2.00. The number of rotatable bonds is 2. The highest BCUT2D eigenvalue weighted by atomic mass is 32.1. The van der Waals surface area contributed by atoms with Crippen LogP contribution in [0.15, 0.2) is 17.6 Å². The largest absolute Gasteiger partial charge is 0.396 e. The summed E-state index contributed by atoms with van der Waals surface area (Å²) in [5, 5.41) is 6.38. The predicted molar refractivity (Wildman–Crippen MR) is 79.8 cm³/mol. The maximum Gasteiger partial charge on any atom is 0.277 e. The number of hydrogen-bond acceptors (Lipinski definition) is 4. The Balaban J connectivity index is 1.90. The van der Waals surface area contributed by atoms with Crippen molar-refractivity contribution in [2.24, 2.45) is 0 Å². The van der Waals surface area contributed by atoms with Crippen LogP contribution in [0.25, 0.3) is 0 Å². The van der Waals surface area contributed by atoms with Crippen molar-refractivity contribution in [1.82, 2.24) is 14.7 Å². The Kier molecular flexibility index (Phi) is 3.25. The van der Waals surface area contributed by atoms with Crippen LogP contribution in [-0.4, -0.2) is 27.1 Å². The van der Waals surface area contributed by atoms with Crippen molar-refractivity contribution < 1.29 is 4.79 Å². The maximum absolute atomic E-state index is 12.7. The average Bonchev–Trinajstić information content (AvgIpc) is 3.05. The first kappa shape index (κ1) is 13.2. The summed E-state index contributed by atoms with van der Waals surface area (Å²) in [6.07, 6.45) is 2.63. The van der Waals surface area contributed by atoms with Crippen molar-refractivity contribution in [1.29, 1.82) is 0 Å². The molecular weight excluding hydrogens is 272 g/mol. The van der Waals surface area contributed by atoms with E-state index in [1.807, 2.05) is 11.8 Å². The van der Waals surface area contributed by atoms with Gasteiger partial charge in [0.25, 0.3) is 5.91 Å². The molecule has 2 aromatic heterocycles. The Labute approximate surface area is 122 Å². The molecule has 1 atom stereocenters. The Morgan fingerprint density at radius 1 is 1.60 bits per heavy atom. The fraction of sp³-hybridized carbons (Fsp3) is 0.429. The van der Waals surface area contributed by atoms with Crippen LogP contribution in [0.4, 0.5) is 5.69 Å². The van der Waals surface area contributed by atoms with E-state index in [1.165, 1.54) is 10.4 Å². The second kappa shape index (κ2) is 4.94. The fourth-order valence-corrected chi connectivity index (χ4v) is 3.65. The number of nitrogens with two attached hydrogens (primary N) is 1. The molecule has 106 valence electrons. The van der Waals surface area contributed by atoms with Crippen molar-refractivity contribution in [2.45, 2.75) is 32.9 Å². The number of aromatic nitrogens is 2. The topological polar surface area (TPSA) is 64.2 Å². The van der Waals surface area contributed by atoms with E-state index >= 15 is 0 Å². The maximum atomic E-state index is 12.7. The number of nitrogens with zero attached hydrogens (tertiary/aromatic N) is 3. The lowest BCUT2D eigenvalue weighted by Crippen LogP contribution is -2.38. The van der Waals surface area contributed by atoms with Crippen LogP contribution in [0, 0.1) is 0 Å². The molecule has 20 heavy (non-hydrogen) atoms. The van der Waals surface area contributed by atoms with E-state index < -0.39 is 0 Å². The first-order valence-corrected chi connectivity index (χ1v) is 7.70. The lowest BCUT2D eigenvalue weighted by atomic mass is 10.0. The minimum Gasteiger partial charge on any atom is -0.396 e. The number of fused-ring (bicyclic) bond motifs is 1. The summed E-state index contributed by atoms with van der Waals surface area (Å²) < 4.78 is 1.70. The van der Waals surface area contributed by atoms with E-state index in [-0.39, 0.29) is 11.9 Å². The number of aryl methyl sites for hydroxylation is 1. The zero-order valence-electron chi connectivity index (χ0n) is 11.7. The first-order chi connectivity index (χ1) is 9.61. The molecule has 0 aromatic carbocycles. The highest BCUT2D eigenvalue weighted by Crippen LogP contribution is 2.33. The van der Waals surface area contributed by atoms with Crippen LogP contribution in [0.3, 0.4) is 0 Å². The zero-order chi connectivity index (χ0) is 14.3. The number of thiophene rings is 1.